The van der Waals surface area contributed by atoms with Crippen molar-refractivity contribution in [2.75, 3.05) is 18.4 Å². The van der Waals surface area contributed by atoms with E-state index in [-0.39, 0.29) is 23.4 Å². The highest BCUT2D eigenvalue weighted by molar-refractivity contribution is 7.89. The maximum Gasteiger partial charge on any atom is 0.262 e. The number of sulfonamides is 1. The fraction of sp³-hybridized carbons (Fsp3) is 0.444. The lowest BCUT2D eigenvalue weighted by molar-refractivity contribution is -0.120. The first-order valence-corrected chi connectivity index (χ1v) is 10.2. The fourth-order valence-electron chi connectivity index (χ4n) is 3.10. The van der Waals surface area contributed by atoms with Gasteiger partial charge in [-0.05, 0) is 37.0 Å². The second-order valence-electron chi connectivity index (χ2n) is 6.62. The molecular weight excluding hydrogens is 352 g/mol. The van der Waals surface area contributed by atoms with Gasteiger partial charge in [0, 0.05) is 32.0 Å². The number of anilines is 1. The first kappa shape index (κ1) is 18.6. The zero-order chi connectivity index (χ0) is 18.7. The van der Waals surface area contributed by atoms with Crippen LogP contribution in [0, 0.1) is 5.92 Å². The Morgan fingerprint density at radius 3 is 2.65 bits per heavy atom. The van der Waals surface area contributed by atoms with E-state index in [0.29, 0.717) is 19.4 Å². The molecule has 7 nitrogen and oxygen atoms in total. The lowest BCUT2D eigenvalue weighted by atomic mass is 9.98. The van der Waals surface area contributed by atoms with Crippen LogP contribution < -0.4 is 5.32 Å². The Kier molecular flexibility index (Phi) is 5.43. The molecule has 1 amide bonds. The Morgan fingerprint density at radius 2 is 2.04 bits per heavy atom. The molecule has 26 heavy (non-hydrogen) atoms. The van der Waals surface area contributed by atoms with Crippen molar-refractivity contribution in [1.29, 1.82) is 0 Å². The van der Waals surface area contributed by atoms with Crippen molar-refractivity contribution in [3.05, 3.63) is 42.4 Å². The van der Waals surface area contributed by atoms with E-state index in [1.165, 1.54) is 22.4 Å². The highest BCUT2D eigenvalue weighted by Crippen LogP contribution is 2.24. The molecule has 0 aliphatic carbocycles. The van der Waals surface area contributed by atoms with E-state index in [1.807, 2.05) is 24.3 Å². The summed E-state index contributed by atoms with van der Waals surface area (Å²) in [5.41, 5.74) is 1.94. The Hall–Kier alpha value is -2.19. The SMILES string of the molecule is CCc1ccc(NC(=O)[C@@H]2CCCN(S(=O)(=O)c3cn(C)cn3)C2)cc1. The van der Waals surface area contributed by atoms with Gasteiger partial charge in [-0.15, -0.1) is 0 Å². The molecule has 2 heterocycles. The van der Waals surface area contributed by atoms with Crippen LogP contribution in [0.25, 0.3) is 0 Å². The predicted octanol–water partition coefficient (Wildman–Crippen LogP) is 2.02. The third-order valence-electron chi connectivity index (χ3n) is 4.67. The molecule has 0 unspecified atom stereocenters. The number of amides is 1. The van der Waals surface area contributed by atoms with E-state index in [9.17, 15) is 13.2 Å². The number of aryl methyl sites for hydroxylation is 2. The predicted molar refractivity (Wildman–Crippen MR) is 99.1 cm³/mol. The van der Waals surface area contributed by atoms with E-state index in [1.54, 1.807) is 11.6 Å². The van der Waals surface area contributed by atoms with Gasteiger partial charge in [-0.3, -0.25) is 4.79 Å². The van der Waals surface area contributed by atoms with Gasteiger partial charge in [0.1, 0.15) is 0 Å². The zero-order valence-corrected chi connectivity index (χ0v) is 15.9. The summed E-state index contributed by atoms with van der Waals surface area (Å²) in [7, 11) is -1.94. The second kappa shape index (κ2) is 7.59. The Balaban J connectivity index is 1.68. The van der Waals surface area contributed by atoms with Gasteiger partial charge in [-0.2, -0.15) is 4.31 Å². The Bertz CT molecular complexity index is 874. The van der Waals surface area contributed by atoms with Gasteiger partial charge < -0.3 is 9.88 Å². The van der Waals surface area contributed by atoms with E-state index in [4.69, 9.17) is 0 Å². The molecule has 3 rings (SSSR count). The number of hydrogen-bond acceptors (Lipinski definition) is 4. The van der Waals surface area contributed by atoms with Crippen molar-refractivity contribution in [2.24, 2.45) is 13.0 Å². The molecule has 0 saturated carbocycles. The van der Waals surface area contributed by atoms with Crippen LogP contribution >= 0.6 is 0 Å². The lowest BCUT2D eigenvalue weighted by Crippen LogP contribution is -2.43. The number of nitrogens with zero attached hydrogens (tertiary/aromatic N) is 3. The summed E-state index contributed by atoms with van der Waals surface area (Å²) in [6.07, 6.45) is 5.21. The molecule has 0 spiro atoms. The molecule has 8 heteroatoms. The molecule has 1 aromatic heterocycles. The molecule has 1 aromatic carbocycles. The van der Waals surface area contributed by atoms with Crippen LogP contribution in [-0.2, 0) is 28.3 Å². The quantitative estimate of drug-likeness (QED) is 0.865. The third-order valence-corrected chi connectivity index (χ3v) is 6.42. The number of aromatic nitrogens is 2. The number of carbonyl (C=O) groups excluding carboxylic acids is 1. The molecule has 0 radical (unpaired) electrons. The average Bonchev–Trinajstić information content (AvgIpc) is 3.10. The smallest absolute Gasteiger partial charge is 0.262 e. The fourth-order valence-corrected chi connectivity index (χ4v) is 4.59. The molecular formula is C18H24N4O3S. The number of piperidine rings is 1. The van der Waals surface area contributed by atoms with Gasteiger partial charge in [0.2, 0.25) is 5.91 Å². The standard InChI is InChI=1S/C18H24N4O3S/c1-3-14-6-8-16(9-7-14)20-18(23)15-5-4-10-22(11-15)26(24,25)17-12-21(2)13-19-17/h6-9,12-13,15H,3-5,10-11H2,1-2H3,(H,20,23)/t15-/m1/s1. The van der Waals surface area contributed by atoms with Gasteiger partial charge in [-0.1, -0.05) is 19.1 Å². The summed E-state index contributed by atoms with van der Waals surface area (Å²) >= 11 is 0. The summed E-state index contributed by atoms with van der Waals surface area (Å²) in [6.45, 7) is 2.66. The van der Waals surface area contributed by atoms with Gasteiger partial charge in [0.05, 0.1) is 12.2 Å². The minimum absolute atomic E-state index is 0.0243. The third kappa shape index (κ3) is 3.96. The van der Waals surface area contributed by atoms with E-state index in [2.05, 4.69) is 17.2 Å². The van der Waals surface area contributed by atoms with Crippen molar-refractivity contribution in [3.63, 3.8) is 0 Å². The van der Waals surface area contributed by atoms with Crippen LogP contribution in [0.5, 0.6) is 0 Å². The molecule has 2 aromatic rings. The minimum atomic E-state index is -3.67. The summed E-state index contributed by atoms with van der Waals surface area (Å²) in [5, 5.41) is 2.92. The maximum atomic E-state index is 12.7. The largest absolute Gasteiger partial charge is 0.339 e. The molecule has 1 N–H and O–H groups in total. The molecule has 1 fully saturated rings. The molecule has 0 bridgehead atoms. The van der Waals surface area contributed by atoms with Crippen molar-refractivity contribution < 1.29 is 13.2 Å². The Labute approximate surface area is 154 Å². The number of imidazole rings is 1. The summed E-state index contributed by atoms with van der Waals surface area (Å²) in [4.78, 5) is 16.5. The molecule has 1 atom stereocenters. The average molecular weight is 376 g/mol. The zero-order valence-electron chi connectivity index (χ0n) is 15.1. The molecule has 1 aliphatic rings. The normalized spacial score (nSPS) is 18.6. The lowest BCUT2D eigenvalue weighted by Gasteiger charge is -2.30. The second-order valence-corrected chi connectivity index (χ2v) is 8.50. The van der Waals surface area contributed by atoms with E-state index >= 15 is 0 Å². The van der Waals surface area contributed by atoms with Crippen molar-refractivity contribution in [1.82, 2.24) is 13.9 Å². The Morgan fingerprint density at radius 1 is 1.31 bits per heavy atom. The van der Waals surface area contributed by atoms with Crippen molar-refractivity contribution in [3.8, 4) is 0 Å². The highest BCUT2D eigenvalue weighted by Gasteiger charge is 2.34. The monoisotopic (exact) mass is 376 g/mol. The van der Waals surface area contributed by atoms with Crippen molar-refractivity contribution in [2.45, 2.75) is 31.2 Å². The summed E-state index contributed by atoms with van der Waals surface area (Å²) < 4.78 is 28.4. The topological polar surface area (TPSA) is 84.3 Å². The number of rotatable bonds is 5. The van der Waals surface area contributed by atoms with Crippen LogP contribution in [0.2, 0.25) is 0 Å². The first-order valence-electron chi connectivity index (χ1n) is 8.78. The molecule has 1 aliphatic heterocycles. The van der Waals surface area contributed by atoms with Crippen LogP contribution in [0.1, 0.15) is 25.3 Å². The first-order chi connectivity index (χ1) is 12.4. The van der Waals surface area contributed by atoms with Gasteiger partial charge in [0.15, 0.2) is 5.03 Å². The molecule has 1 saturated heterocycles. The van der Waals surface area contributed by atoms with Crippen LogP contribution in [0.3, 0.4) is 0 Å². The number of hydrogen-bond donors (Lipinski definition) is 1. The highest BCUT2D eigenvalue weighted by atomic mass is 32.2. The number of nitrogens with one attached hydrogen (secondary N) is 1. The molecule has 140 valence electrons. The minimum Gasteiger partial charge on any atom is -0.339 e. The van der Waals surface area contributed by atoms with Gasteiger partial charge >= 0.3 is 0 Å². The van der Waals surface area contributed by atoms with Gasteiger partial charge in [-0.25, -0.2) is 13.4 Å². The number of benzene rings is 1. The van der Waals surface area contributed by atoms with Crippen molar-refractivity contribution >= 4 is 21.6 Å². The summed E-state index contributed by atoms with van der Waals surface area (Å²) in [6, 6.07) is 7.71. The van der Waals surface area contributed by atoms with Crippen LogP contribution in [0.4, 0.5) is 5.69 Å². The van der Waals surface area contributed by atoms with Crippen LogP contribution in [-0.4, -0.2) is 41.3 Å². The van der Waals surface area contributed by atoms with E-state index < -0.39 is 10.0 Å². The maximum absolute atomic E-state index is 12.7. The number of carbonyl (C=O) groups is 1. The summed E-state index contributed by atoms with van der Waals surface area (Å²) in [5.74, 6) is -0.511. The van der Waals surface area contributed by atoms with E-state index in [0.717, 1.165) is 12.1 Å². The van der Waals surface area contributed by atoms with Gasteiger partial charge in [0.25, 0.3) is 10.0 Å². The van der Waals surface area contributed by atoms with Crippen LogP contribution in [0.15, 0.2) is 41.8 Å².